The second kappa shape index (κ2) is 4.22. The van der Waals surface area contributed by atoms with Crippen molar-refractivity contribution in [2.45, 2.75) is 3.79 Å². The van der Waals surface area contributed by atoms with Crippen LogP contribution in [0.2, 0.25) is 0 Å². The zero-order valence-electron chi connectivity index (χ0n) is 7.73. The van der Waals surface area contributed by atoms with E-state index in [0.717, 1.165) is 15.4 Å². The highest BCUT2D eigenvalue weighted by atomic mass is 79.9. The maximum absolute atomic E-state index is 11.8. The van der Waals surface area contributed by atoms with Crippen LogP contribution in [0.1, 0.15) is 10.4 Å². The summed E-state index contributed by atoms with van der Waals surface area (Å²) in [4.78, 5) is 14.8. The maximum Gasteiger partial charge on any atom is 0.253 e. The molecule has 2 rings (SSSR count). The molecule has 0 radical (unpaired) electrons. The predicted octanol–water partition coefficient (Wildman–Crippen LogP) is 4.48. The van der Waals surface area contributed by atoms with E-state index in [2.05, 4.69) is 20.9 Å². The monoisotopic (exact) mass is 339 g/mol. The lowest BCUT2D eigenvalue weighted by Crippen LogP contribution is -2.18. The van der Waals surface area contributed by atoms with Gasteiger partial charge in [0.2, 0.25) is 5.78 Å². The van der Waals surface area contributed by atoms with E-state index < -0.39 is 9.58 Å². The number of nitrogens with one attached hydrogen (secondary N) is 1. The number of alkyl halides is 3. The first kappa shape index (κ1) is 12.2. The molecular weight excluding hydrogens is 336 g/mol. The Morgan fingerprint density at radius 3 is 2.62 bits per heavy atom. The molecule has 0 saturated heterocycles. The topological polar surface area (TPSA) is 32.9 Å². The normalized spacial score (nSPS) is 12.0. The van der Waals surface area contributed by atoms with E-state index in [0.29, 0.717) is 5.56 Å². The molecule has 0 amide bonds. The number of aromatic amines is 1. The first-order valence-corrected chi connectivity index (χ1v) is 6.20. The molecule has 6 heteroatoms. The van der Waals surface area contributed by atoms with Crippen molar-refractivity contribution >= 4 is 67.4 Å². The summed E-state index contributed by atoms with van der Waals surface area (Å²) in [5.74, 6) is -0.540. The summed E-state index contributed by atoms with van der Waals surface area (Å²) in [5, 5.41) is 0.728. The molecule has 84 valence electrons. The molecule has 0 aliphatic heterocycles. The molecule has 16 heavy (non-hydrogen) atoms. The fourth-order valence-electron chi connectivity index (χ4n) is 1.43. The fraction of sp³-hybridized carbons (Fsp3) is 0.100. The first-order valence-electron chi connectivity index (χ1n) is 4.28. The molecule has 0 aliphatic carbocycles. The average Bonchev–Trinajstić information content (AvgIpc) is 2.57. The van der Waals surface area contributed by atoms with Crippen LogP contribution < -0.4 is 0 Å². The number of carbonyl (C=O) groups is 1. The Balaban J connectivity index is 2.62. The molecule has 1 N–H and O–H groups in total. The van der Waals surface area contributed by atoms with Gasteiger partial charge in [-0.15, -0.1) is 0 Å². The van der Waals surface area contributed by atoms with Crippen molar-refractivity contribution < 1.29 is 4.79 Å². The van der Waals surface area contributed by atoms with Gasteiger partial charge in [-0.05, 0) is 18.2 Å². The van der Waals surface area contributed by atoms with Crippen LogP contribution in [0.4, 0.5) is 0 Å². The van der Waals surface area contributed by atoms with Gasteiger partial charge in [-0.1, -0.05) is 50.7 Å². The van der Waals surface area contributed by atoms with Crippen molar-refractivity contribution in [2.24, 2.45) is 0 Å². The quantitative estimate of drug-likeness (QED) is 0.602. The van der Waals surface area contributed by atoms with Crippen LogP contribution in [0.25, 0.3) is 10.9 Å². The van der Waals surface area contributed by atoms with E-state index in [9.17, 15) is 4.79 Å². The Morgan fingerprint density at radius 2 is 2.00 bits per heavy atom. The van der Waals surface area contributed by atoms with Gasteiger partial charge in [0.25, 0.3) is 3.79 Å². The van der Waals surface area contributed by atoms with E-state index in [1.165, 1.54) is 0 Å². The molecule has 1 aromatic carbocycles. The molecule has 0 aliphatic rings. The standard InChI is InChI=1S/C10H5BrCl3NO/c11-5-1-2-8-6(3-5)7(4-15-8)9(16)10(12,13)14/h1-4,15H. The number of rotatable bonds is 1. The Hall–Kier alpha value is -0.220. The summed E-state index contributed by atoms with van der Waals surface area (Å²) < 4.78 is -1.07. The van der Waals surface area contributed by atoms with Crippen molar-refractivity contribution in [3.8, 4) is 0 Å². The first-order chi connectivity index (χ1) is 7.39. The number of benzene rings is 1. The largest absolute Gasteiger partial charge is 0.360 e. The van der Waals surface area contributed by atoms with Crippen LogP contribution in [-0.4, -0.2) is 14.6 Å². The SMILES string of the molecule is O=C(c1c[nH]c2ccc(Br)cc12)C(Cl)(Cl)Cl. The van der Waals surface area contributed by atoms with Gasteiger partial charge in [0.15, 0.2) is 0 Å². The number of aromatic nitrogens is 1. The molecule has 0 bridgehead atoms. The van der Waals surface area contributed by atoms with Crippen molar-refractivity contribution in [2.75, 3.05) is 0 Å². The van der Waals surface area contributed by atoms with Crippen LogP contribution in [0.15, 0.2) is 28.9 Å². The Bertz CT molecular complexity index is 559. The van der Waals surface area contributed by atoms with Gasteiger partial charge < -0.3 is 4.98 Å². The zero-order chi connectivity index (χ0) is 11.9. The molecule has 1 aromatic heterocycles. The number of H-pyrrole nitrogens is 1. The highest BCUT2D eigenvalue weighted by Crippen LogP contribution is 2.33. The van der Waals surface area contributed by atoms with Gasteiger partial charge in [0.05, 0.1) is 0 Å². The number of carbonyl (C=O) groups excluding carboxylic acids is 1. The minimum atomic E-state index is -1.93. The minimum Gasteiger partial charge on any atom is -0.360 e. The van der Waals surface area contributed by atoms with Gasteiger partial charge in [-0.2, -0.15) is 0 Å². The van der Waals surface area contributed by atoms with Crippen molar-refractivity contribution in [1.29, 1.82) is 0 Å². The van der Waals surface area contributed by atoms with E-state index in [4.69, 9.17) is 34.8 Å². The van der Waals surface area contributed by atoms with E-state index in [1.54, 1.807) is 12.3 Å². The minimum absolute atomic E-state index is 0.372. The second-order valence-electron chi connectivity index (χ2n) is 3.22. The third kappa shape index (κ3) is 2.23. The third-order valence-corrected chi connectivity index (χ3v) is 3.15. The molecule has 2 aromatic rings. The summed E-state index contributed by atoms with van der Waals surface area (Å²) >= 11 is 20.0. The molecule has 0 fully saturated rings. The molecule has 2 nitrogen and oxygen atoms in total. The van der Waals surface area contributed by atoms with Crippen LogP contribution >= 0.6 is 50.7 Å². The van der Waals surface area contributed by atoms with E-state index in [1.807, 2.05) is 12.1 Å². The number of Topliss-reactive ketones (excluding diaryl/α,β-unsaturated/α-hetero) is 1. The van der Waals surface area contributed by atoms with Crippen molar-refractivity contribution in [3.05, 3.63) is 34.4 Å². The average molecular weight is 341 g/mol. The smallest absolute Gasteiger partial charge is 0.253 e. The number of hydrogen-bond acceptors (Lipinski definition) is 1. The maximum atomic E-state index is 11.8. The summed E-state index contributed by atoms with van der Waals surface area (Å²) in [6, 6.07) is 5.51. The van der Waals surface area contributed by atoms with Gasteiger partial charge in [-0.3, -0.25) is 4.79 Å². The van der Waals surface area contributed by atoms with Crippen molar-refractivity contribution in [1.82, 2.24) is 4.98 Å². The summed E-state index contributed by atoms with van der Waals surface area (Å²) in [6.07, 6.45) is 1.54. The second-order valence-corrected chi connectivity index (χ2v) is 6.42. The fourth-order valence-corrected chi connectivity index (χ4v) is 2.10. The lowest BCUT2D eigenvalue weighted by atomic mass is 10.1. The van der Waals surface area contributed by atoms with Crippen LogP contribution in [0.5, 0.6) is 0 Å². The number of fused-ring (bicyclic) bond motifs is 1. The van der Waals surface area contributed by atoms with Crippen LogP contribution in [-0.2, 0) is 0 Å². The molecule has 1 heterocycles. The van der Waals surface area contributed by atoms with Crippen molar-refractivity contribution in [3.63, 3.8) is 0 Å². The molecule has 0 spiro atoms. The highest BCUT2D eigenvalue weighted by Gasteiger charge is 2.33. The lowest BCUT2D eigenvalue weighted by Gasteiger charge is -2.07. The third-order valence-electron chi connectivity index (χ3n) is 2.15. The van der Waals surface area contributed by atoms with Gasteiger partial charge in [-0.25, -0.2) is 0 Å². The van der Waals surface area contributed by atoms with Crippen LogP contribution in [0, 0.1) is 0 Å². The number of ketones is 1. The number of hydrogen-bond donors (Lipinski definition) is 1. The summed E-state index contributed by atoms with van der Waals surface area (Å²) in [6.45, 7) is 0. The lowest BCUT2D eigenvalue weighted by molar-refractivity contribution is 0.0998. The zero-order valence-corrected chi connectivity index (χ0v) is 11.6. The Kier molecular flexibility index (Phi) is 3.23. The highest BCUT2D eigenvalue weighted by molar-refractivity contribution is 9.10. The molecule has 0 unspecified atom stereocenters. The molecular formula is C10H5BrCl3NO. The van der Waals surface area contributed by atoms with Gasteiger partial charge in [0.1, 0.15) is 0 Å². The summed E-state index contributed by atoms with van der Waals surface area (Å²) in [7, 11) is 0. The predicted molar refractivity (Wildman–Crippen MR) is 70.6 cm³/mol. The van der Waals surface area contributed by atoms with Crippen LogP contribution in [0.3, 0.4) is 0 Å². The Labute approximate surface area is 115 Å². The Morgan fingerprint density at radius 1 is 1.31 bits per heavy atom. The van der Waals surface area contributed by atoms with Gasteiger partial charge in [0, 0.05) is 27.1 Å². The molecule has 0 saturated carbocycles. The molecule has 0 atom stereocenters. The van der Waals surface area contributed by atoms with E-state index in [-0.39, 0.29) is 0 Å². The van der Waals surface area contributed by atoms with Gasteiger partial charge >= 0.3 is 0 Å². The number of halogens is 4. The summed E-state index contributed by atoms with van der Waals surface area (Å²) in [5.41, 5.74) is 1.19. The van der Waals surface area contributed by atoms with E-state index >= 15 is 0 Å².